The molecule has 1 fully saturated rings. The lowest BCUT2D eigenvalue weighted by atomic mass is 10.0. The fourth-order valence-electron chi connectivity index (χ4n) is 2.87. The van der Waals surface area contributed by atoms with Crippen LogP contribution in [0.25, 0.3) is 10.4 Å². The Labute approximate surface area is 137 Å². The minimum Gasteiger partial charge on any atom is -0.493 e. The highest BCUT2D eigenvalue weighted by molar-refractivity contribution is 6.05. The van der Waals surface area contributed by atoms with Gasteiger partial charge in [0.05, 0.1) is 13.2 Å². The Morgan fingerprint density at radius 3 is 2.96 bits per heavy atom. The number of rotatable bonds is 5. The summed E-state index contributed by atoms with van der Waals surface area (Å²) in [5, 5.41) is 5.64. The number of benzene rings is 1. The normalized spacial score (nSPS) is 19.6. The molecule has 1 unspecified atom stereocenters. The van der Waals surface area contributed by atoms with Crippen LogP contribution in [0, 0.1) is 0 Å². The number of hydrogen-bond acceptors (Lipinski definition) is 5. The van der Waals surface area contributed by atoms with E-state index in [1.165, 1.54) is 4.90 Å². The van der Waals surface area contributed by atoms with Gasteiger partial charge in [-0.05, 0) is 29.6 Å². The maximum absolute atomic E-state index is 12.6. The molecule has 1 saturated heterocycles. The van der Waals surface area contributed by atoms with Crippen LogP contribution in [0.5, 0.6) is 5.75 Å². The summed E-state index contributed by atoms with van der Waals surface area (Å²) in [5.74, 6) is -0.491. The highest BCUT2D eigenvalue weighted by Gasteiger charge is 2.39. The molecule has 2 aliphatic rings. The van der Waals surface area contributed by atoms with Gasteiger partial charge in [-0.25, -0.2) is 0 Å². The summed E-state index contributed by atoms with van der Waals surface area (Å²) in [6, 6.07) is 4.51. The van der Waals surface area contributed by atoms with Crippen molar-refractivity contribution in [1.82, 2.24) is 10.2 Å². The van der Waals surface area contributed by atoms with Crippen LogP contribution in [-0.4, -0.2) is 41.8 Å². The molecule has 0 spiro atoms. The van der Waals surface area contributed by atoms with Gasteiger partial charge in [0.25, 0.3) is 5.91 Å². The Morgan fingerprint density at radius 2 is 2.21 bits per heavy atom. The maximum Gasteiger partial charge on any atom is 0.255 e. The summed E-state index contributed by atoms with van der Waals surface area (Å²) < 4.78 is 5.44. The van der Waals surface area contributed by atoms with Gasteiger partial charge >= 0.3 is 0 Å². The first kappa shape index (κ1) is 15.8. The van der Waals surface area contributed by atoms with Crippen LogP contribution in [0.15, 0.2) is 23.3 Å². The van der Waals surface area contributed by atoms with Crippen molar-refractivity contribution in [2.75, 3.05) is 13.2 Å². The van der Waals surface area contributed by atoms with Crippen molar-refractivity contribution in [2.45, 2.75) is 25.4 Å². The van der Waals surface area contributed by atoms with Gasteiger partial charge in [0.15, 0.2) is 0 Å². The summed E-state index contributed by atoms with van der Waals surface area (Å²) in [5.41, 5.74) is 9.51. The SMILES string of the molecule is [N-]=[N+]=NCCOc1ccc2c(c1)C(=O)N(C1CCC(=O)NC1=O)C2. The quantitative estimate of drug-likeness (QED) is 0.286. The topological polar surface area (TPSA) is 124 Å². The van der Waals surface area contributed by atoms with Crippen LogP contribution in [0.3, 0.4) is 0 Å². The second kappa shape index (κ2) is 6.59. The van der Waals surface area contributed by atoms with Crippen molar-refractivity contribution in [3.63, 3.8) is 0 Å². The molecular weight excluding hydrogens is 314 g/mol. The molecule has 0 bridgehead atoms. The van der Waals surface area contributed by atoms with Crippen LogP contribution < -0.4 is 10.1 Å². The molecule has 1 N–H and O–H groups in total. The molecule has 9 nitrogen and oxygen atoms in total. The Bertz CT molecular complexity index is 756. The Kier molecular flexibility index (Phi) is 4.35. The van der Waals surface area contributed by atoms with Crippen LogP contribution >= 0.6 is 0 Å². The van der Waals surface area contributed by atoms with Gasteiger partial charge in [0.1, 0.15) is 11.8 Å². The molecule has 9 heteroatoms. The monoisotopic (exact) mass is 329 g/mol. The summed E-state index contributed by atoms with van der Waals surface area (Å²) in [6.07, 6.45) is 0.560. The second-order valence-electron chi connectivity index (χ2n) is 5.52. The lowest BCUT2D eigenvalue weighted by Crippen LogP contribution is -2.52. The lowest BCUT2D eigenvalue weighted by molar-refractivity contribution is -0.136. The van der Waals surface area contributed by atoms with Gasteiger partial charge in [0, 0.05) is 23.4 Å². The zero-order valence-corrected chi connectivity index (χ0v) is 12.8. The van der Waals surface area contributed by atoms with Crippen LogP contribution in [0.1, 0.15) is 28.8 Å². The molecule has 0 aromatic heterocycles. The molecule has 0 saturated carbocycles. The molecule has 2 aliphatic heterocycles. The average molecular weight is 329 g/mol. The second-order valence-corrected chi connectivity index (χ2v) is 5.52. The molecular formula is C15H15N5O4. The first-order chi connectivity index (χ1) is 11.6. The molecule has 3 amide bonds. The number of carbonyl (C=O) groups excluding carboxylic acids is 3. The van der Waals surface area contributed by atoms with Crippen LogP contribution in [0.2, 0.25) is 0 Å². The summed E-state index contributed by atoms with van der Waals surface area (Å²) >= 11 is 0. The van der Waals surface area contributed by atoms with E-state index < -0.39 is 11.9 Å². The number of azide groups is 1. The highest BCUT2D eigenvalue weighted by atomic mass is 16.5. The van der Waals surface area contributed by atoms with Crippen molar-refractivity contribution in [2.24, 2.45) is 5.11 Å². The third-order valence-electron chi connectivity index (χ3n) is 4.02. The first-order valence-electron chi connectivity index (χ1n) is 7.51. The number of imide groups is 1. The number of nitrogens with zero attached hydrogens (tertiary/aromatic N) is 4. The van der Waals surface area contributed by atoms with Crippen molar-refractivity contribution in [3.8, 4) is 5.75 Å². The van der Waals surface area contributed by atoms with Gasteiger partial charge in [0.2, 0.25) is 11.8 Å². The molecule has 0 aliphatic carbocycles. The van der Waals surface area contributed by atoms with Gasteiger partial charge in [-0.2, -0.15) is 0 Å². The standard InChI is InChI=1S/C15H15N5O4/c16-19-17-5-6-24-10-2-1-9-8-20(15(23)11(9)7-10)12-3-4-13(21)18-14(12)22/h1-2,7,12H,3-6,8H2,(H,18,21,22). The highest BCUT2D eigenvalue weighted by Crippen LogP contribution is 2.30. The lowest BCUT2D eigenvalue weighted by Gasteiger charge is -2.29. The fourth-order valence-corrected chi connectivity index (χ4v) is 2.87. The fraction of sp³-hybridized carbons (Fsp3) is 0.400. The predicted molar refractivity (Wildman–Crippen MR) is 82.0 cm³/mol. The molecule has 0 radical (unpaired) electrons. The maximum atomic E-state index is 12.6. The number of nitrogens with one attached hydrogen (secondary N) is 1. The third kappa shape index (κ3) is 3.02. The number of carbonyl (C=O) groups is 3. The van der Waals surface area contributed by atoms with E-state index in [2.05, 4.69) is 15.3 Å². The molecule has 3 rings (SSSR count). The Balaban J connectivity index is 1.72. The number of ether oxygens (including phenoxy) is 1. The predicted octanol–water partition coefficient (Wildman–Crippen LogP) is 1.14. The minimum absolute atomic E-state index is 0.198. The van der Waals surface area contributed by atoms with Gasteiger partial charge in [-0.15, -0.1) is 0 Å². The van der Waals surface area contributed by atoms with E-state index >= 15 is 0 Å². The van der Waals surface area contributed by atoms with Gasteiger partial charge in [-0.1, -0.05) is 11.2 Å². The zero-order valence-electron chi connectivity index (χ0n) is 12.8. The summed E-state index contributed by atoms with van der Waals surface area (Å²) in [6.45, 7) is 0.747. The first-order valence-corrected chi connectivity index (χ1v) is 7.51. The number of fused-ring (bicyclic) bond motifs is 1. The zero-order chi connectivity index (χ0) is 17.1. The van der Waals surface area contributed by atoms with Crippen molar-refractivity contribution in [3.05, 3.63) is 39.8 Å². The van der Waals surface area contributed by atoms with E-state index in [1.807, 2.05) is 0 Å². The third-order valence-corrected chi connectivity index (χ3v) is 4.02. The van der Waals surface area contributed by atoms with Crippen LogP contribution in [0.4, 0.5) is 0 Å². The molecule has 124 valence electrons. The van der Waals surface area contributed by atoms with E-state index in [0.29, 0.717) is 24.3 Å². The number of amides is 3. The van der Waals surface area contributed by atoms with E-state index in [9.17, 15) is 14.4 Å². The minimum atomic E-state index is -0.628. The number of hydrogen-bond donors (Lipinski definition) is 1. The molecule has 1 aromatic rings. The van der Waals surface area contributed by atoms with Crippen molar-refractivity contribution in [1.29, 1.82) is 0 Å². The van der Waals surface area contributed by atoms with Crippen LogP contribution in [-0.2, 0) is 16.1 Å². The smallest absolute Gasteiger partial charge is 0.255 e. The average Bonchev–Trinajstić information content (AvgIpc) is 2.88. The van der Waals surface area contributed by atoms with E-state index in [1.54, 1.807) is 18.2 Å². The van der Waals surface area contributed by atoms with Crippen molar-refractivity contribution < 1.29 is 19.1 Å². The van der Waals surface area contributed by atoms with Gasteiger partial charge in [-0.3, -0.25) is 19.7 Å². The molecule has 24 heavy (non-hydrogen) atoms. The number of piperidine rings is 1. The summed E-state index contributed by atoms with van der Waals surface area (Å²) in [4.78, 5) is 39.9. The largest absolute Gasteiger partial charge is 0.493 e. The van der Waals surface area contributed by atoms with E-state index in [0.717, 1.165) is 5.56 Å². The van der Waals surface area contributed by atoms with Crippen molar-refractivity contribution >= 4 is 17.7 Å². The Hall–Kier alpha value is -3.06. The molecule has 1 atom stereocenters. The summed E-state index contributed by atoms with van der Waals surface area (Å²) in [7, 11) is 0. The molecule has 1 aromatic carbocycles. The van der Waals surface area contributed by atoms with E-state index in [4.69, 9.17) is 10.3 Å². The van der Waals surface area contributed by atoms with Gasteiger partial charge < -0.3 is 9.64 Å². The van der Waals surface area contributed by atoms with E-state index in [-0.39, 0.29) is 31.4 Å². The molecule has 2 heterocycles. The Morgan fingerprint density at radius 1 is 1.38 bits per heavy atom.